The molecule has 1 rings (SSSR count). The number of rotatable bonds is 2. The van der Waals surface area contributed by atoms with Crippen molar-refractivity contribution in [2.24, 2.45) is 0 Å². The lowest BCUT2D eigenvalue weighted by atomic mass is 10.2. The summed E-state index contributed by atoms with van der Waals surface area (Å²) < 4.78 is 4.25. The number of anilines is 1. The zero-order valence-corrected chi connectivity index (χ0v) is 8.20. The van der Waals surface area contributed by atoms with Crippen molar-refractivity contribution < 1.29 is 9.53 Å². The second-order valence-electron chi connectivity index (χ2n) is 2.54. The third-order valence-electron chi connectivity index (χ3n) is 1.24. The van der Waals surface area contributed by atoms with E-state index in [1.54, 1.807) is 14.2 Å². The quantitative estimate of drug-likeness (QED) is 0.707. The molecule has 0 saturated carbocycles. The lowest BCUT2D eigenvalue weighted by Gasteiger charge is -1.97. The van der Waals surface area contributed by atoms with Crippen molar-refractivity contribution >= 4 is 12.1 Å². The smallest absolute Gasteiger partial charge is 0.211 e. The molecular formula is C10H15NO2. The molecule has 0 heterocycles. The second-order valence-corrected chi connectivity index (χ2v) is 2.54. The van der Waals surface area contributed by atoms with Gasteiger partial charge in [0.1, 0.15) is 0 Å². The molecule has 3 heteroatoms. The van der Waals surface area contributed by atoms with E-state index in [2.05, 4.69) is 10.1 Å². The second kappa shape index (κ2) is 7.31. The molecule has 1 amide bonds. The Kier molecular flexibility index (Phi) is 6.55. The van der Waals surface area contributed by atoms with Crippen molar-refractivity contribution in [1.82, 2.24) is 0 Å². The molecule has 1 N–H and O–H groups in total. The van der Waals surface area contributed by atoms with Crippen molar-refractivity contribution in [2.75, 3.05) is 19.5 Å². The van der Waals surface area contributed by atoms with Crippen molar-refractivity contribution in [2.45, 2.75) is 6.92 Å². The summed E-state index contributed by atoms with van der Waals surface area (Å²) in [7, 11) is 3.25. The van der Waals surface area contributed by atoms with Crippen molar-refractivity contribution in [3.8, 4) is 0 Å². The summed E-state index contributed by atoms with van der Waals surface area (Å²) in [5, 5.41) is 2.57. The summed E-state index contributed by atoms with van der Waals surface area (Å²) in [6.07, 6.45) is 0.675. The van der Waals surface area contributed by atoms with Gasteiger partial charge in [0.15, 0.2) is 0 Å². The molecule has 0 aliphatic heterocycles. The van der Waals surface area contributed by atoms with Crippen molar-refractivity contribution in [3.63, 3.8) is 0 Å². The molecule has 0 aliphatic carbocycles. The Hall–Kier alpha value is -1.35. The molecule has 0 atom stereocenters. The SMILES string of the molecule is COC.Cc1cccc(NC=O)c1. The minimum atomic E-state index is 0.675. The zero-order chi connectivity index (χ0) is 10.1. The highest BCUT2D eigenvalue weighted by Gasteiger charge is 1.87. The number of aryl methyl sites for hydroxylation is 1. The predicted octanol–water partition coefficient (Wildman–Crippen LogP) is 1.83. The van der Waals surface area contributed by atoms with Crippen LogP contribution < -0.4 is 5.32 Å². The van der Waals surface area contributed by atoms with E-state index in [9.17, 15) is 4.79 Å². The first-order valence-electron chi connectivity index (χ1n) is 3.91. The molecule has 0 bridgehead atoms. The number of carbonyl (C=O) groups is 1. The number of nitrogens with one attached hydrogen (secondary N) is 1. The average Bonchev–Trinajstić information content (AvgIpc) is 2.06. The first-order chi connectivity index (χ1) is 6.24. The molecule has 0 aromatic heterocycles. The van der Waals surface area contributed by atoms with Crippen LogP contribution in [0.1, 0.15) is 5.56 Å². The Labute approximate surface area is 78.7 Å². The minimum absolute atomic E-state index is 0.675. The van der Waals surface area contributed by atoms with E-state index in [-0.39, 0.29) is 0 Å². The monoisotopic (exact) mass is 181 g/mol. The van der Waals surface area contributed by atoms with Gasteiger partial charge in [0.25, 0.3) is 0 Å². The molecule has 0 spiro atoms. The van der Waals surface area contributed by atoms with Gasteiger partial charge in [-0.15, -0.1) is 0 Å². The number of amides is 1. The van der Waals surface area contributed by atoms with Gasteiger partial charge in [-0.25, -0.2) is 0 Å². The van der Waals surface area contributed by atoms with Crippen LogP contribution in [0.5, 0.6) is 0 Å². The van der Waals surface area contributed by atoms with Crippen molar-refractivity contribution in [3.05, 3.63) is 29.8 Å². The summed E-state index contributed by atoms with van der Waals surface area (Å²) in [5.74, 6) is 0. The Bertz CT molecular complexity index is 248. The molecule has 0 saturated heterocycles. The maximum absolute atomic E-state index is 9.97. The Morgan fingerprint density at radius 1 is 1.38 bits per heavy atom. The van der Waals surface area contributed by atoms with Gasteiger partial charge in [0.05, 0.1) is 0 Å². The van der Waals surface area contributed by atoms with Crippen LogP contribution in [-0.4, -0.2) is 20.6 Å². The number of hydrogen-bond acceptors (Lipinski definition) is 2. The summed E-state index contributed by atoms with van der Waals surface area (Å²) in [6, 6.07) is 7.65. The van der Waals surface area contributed by atoms with Crippen LogP contribution in [0.2, 0.25) is 0 Å². The Balaban J connectivity index is 0.000000424. The number of carbonyl (C=O) groups excluding carboxylic acids is 1. The molecule has 0 aliphatic rings. The van der Waals surface area contributed by atoms with Crippen LogP contribution in [-0.2, 0) is 9.53 Å². The fraction of sp³-hybridized carbons (Fsp3) is 0.300. The third kappa shape index (κ3) is 5.87. The standard InChI is InChI=1S/C8H9NO.C2H6O/c1-7-3-2-4-8(5-7)9-6-10;1-3-2/h2-6H,1H3,(H,9,10);1-2H3. The molecule has 72 valence electrons. The number of hydrogen-bond donors (Lipinski definition) is 1. The Morgan fingerprint density at radius 2 is 2.00 bits per heavy atom. The van der Waals surface area contributed by atoms with E-state index in [1.807, 2.05) is 31.2 Å². The first-order valence-corrected chi connectivity index (χ1v) is 3.91. The van der Waals surface area contributed by atoms with Gasteiger partial charge in [0, 0.05) is 19.9 Å². The number of ether oxygens (including phenoxy) is 1. The van der Waals surface area contributed by atoms with Gasteiger partial charge >= 0.3 is 0 Å². The van der Waals surface area contributed by atoms with Gasteiger partial charge in [-0.3, -0.25) is 4.79 Å². The van der Waals surface area contributed by atoms with E-state index in [4.69, 9.17) is 0 Å². The lowest BCUT2D eigenvalue weighted by molar-refractivity contribution is -0.105. The van der Waals surface area contributed by atoms with Gasteiger partial charge < -0.3 is 10.1 Å². The summed E-state index contributed by atoms with van der Waals surface area (Å²) in [6.45, 7) is 1.98. The summed E-state index contributed by atoms with van der Waals surface area (Å²) >= 11 is 0. The van der Waals surface area contributed by atoms with Crippen LogP contribution >= 0.6 is 0 Å². The first kappa shape index (κ1) is 11.6. The molecular weight excluding hydrogens is 166 g/mol. The molecule has 1 aromatic carbocycles. The molecule has 0 fully saturated rings. The molecule has 0 radical (unpaired) electrons. The third-order valence-corrected chi connectivity index (χ3v) is 1.24. The van der Waals surface area contributed by atoms with E-state index >= 15 is 0 Å². The fourth-order valence-electron chi connectivity index (χ4n) is 0.803. The predicted molar refractivity (Wildman–Crippen MR) is 53.8 cm³/mol. The maximum Gasteiger partial charge on any atom is 0.211 e. The van der Waals surface area contributed by atoms with Crippen molar-refractivity contribution in [1.29, 1.82) is 0 Å². The minimum Gasteiger partial charge on any atom is -0.388 e. The van der Waals surface area contributed by atoms with Gasteiger partial charge in [0.2, 0.25) is 6.41 Å². The fourth-order valence-corrected chi connectivity index (χ4v) is 0.803. The van der Waals surface area contributed by atoms with E-state index < -0.39 is 0 Å². The number of methoxy groups -OCH3 is 1. The molecule has 3 nitrogen and oxygen atoms in total. The van der Waals surface area contributed by atoms with Gasteiger partial charge in [-0.05, 0) is 24.6 Å². The van der Waals surface area contributed by atoms with Gasteiger partial charge in [-0.1, -0.05) is 12.1 Å². The molecule has 0 unspecified atom stereocenters. The number of benzene rings is 1. The lowest BCUT2D eigenvalue weighted by Crippen LogP contribution is -1.92. The van der Waals surface area contributed by atoms with Crippen LogP contribution in [0.3, 0.4) is 0 Å². The normalized spacial score (nSPS) is 8.23. The summed E-state index contributed by atoms with van der Waals surface area (Å²) in [4.78, 5) is 9.97. The van der Waals surface area contributed by atoms with E-state index in [1.165, 1.54) is 0 Å². The van der Waals surface area contributed by atoms with Crippen LogP contribution in [0.25, 0.3) is 0 Å². The van der Waals surface area contributed by atoms with E-state index in [0.29, 0.717) is 6.41 Å². The Morgan fingerprint density at radius 3 is 2.46 bits per heavy atom. The largest absolute Gasteiger partial charge is 0.388 e. The molecule has 13 heavy (non-hydrogen) atoms. The van der Waals surface area contributed by atoms with Gasteiger partial charge in [-0.2, -0.15) is 0 Å². The highest BCUT2D eigenvalue weighted by atomic mass is 16.4. The highest BCUT2D eigenvalue weighted by Crippen LogP contribution is 2.07. The average molecular weight is 181 g/mol. The summed E-state index contributed by atoms with van der Waals surface area (Å²) in [5.41, 5.74) is 1.99. The maximum atomic E-state index is 9.97. The van der Waals surface area contributed by atoms with E-state index in [0.717, 1.165) is 11.3 Å². The highest BCUT2D eigenvalue weighted by molar-refractivity contribution is 5.71. The topological polar surface area (TPSA) is 38.3 Å². The zero-order valence-electron chi connectivity index (χ0n) is 8.20. The van der Waals surface area contributed by atoms with Crippen LogP contribution in [0, 0.1) is 6.92 Å². The van der Waals surface area contributed by atoms with Crippen LogP contribution in [0.15, 0.2) is 24.3 Å². The molecule has 1 aromatic rings. The van der Waals surface area contributed by atoms with Crippen LogP contribution in [0.4, 0.5) is 5.69 Å².